The maximum absolute atomic E-state index is 13.1. The number of amides is 1. The summed E-state index contributed by atoms with van der Waals surface area (Å²) in [5.41, 5.74) is 9.68. The van der Waals surface area contributed by atoms with E-state index in [9.17, 15) is 30.0 Å². The van der Waals surface area contributed by atoms with Gasteiger partial charge in [0.25, 0.3) is 5.91 Å². The summed E-state index contributed by atoms with van der Waals surface area (Å²) in [5.74, 6) is -6.60. The number of rotatable bonds is 1. The number of phenols is 1. The van der Waals surface area contributed by atoms with Crippen molar-refractivity contribution in [3.8, 4) is 5.75 Å². The molecule has 1 fully saturated rings. The van der Waals surface area contributed by atoms with Crippen LogP contribution in [0, 0.1) is 11.8 Å². The highest BCUT2D eigenvalue weighted by Gasteiger charge is 2.84. The predicted octanol–water partition coefficient (Wildman–Crippen LogP) is -0.325. The second kappa shape index (κ2) is 4.93. The molecule has 9 nitrogen and oxygen atoms in total. The van der Waals surface area contributed by atoms with Gasteiger partial charge < -0.3 is 36.6 Å². The van der Waals surface area contributed by atoms with Gasteiger partial charge >= 0.3 is 0 Å². The number of carbonyl (C=O) groups excluding carboxylic acids is 2. The van der Waals surface area contributed by atoms with E-state index < -0.39 is 58.0 Å². The van der Waals surface area contributed by atoms with Gasteiger partial charge in [-0.3, -0.25) is 9.59 Å². The molecule has 4 aliphatic rings. The number of Topliss-reactive ketones (excluding diaryl/α,β-unsaturated/α-hetero) is 1. The summed E-state index contributed by atoms with van der Waals surface area (Å²) in [6.07, 6.45) is 0.583. The highest BCUT2D eigenvalue weighted by molar-refractivity contribution is 6.13. The zero-order chi connectivity index (χ0) is 20.2. The van der Waals surface area contributed by atoms with Gasteiger partial charge in [-0.15, -0.1) is 0 Å². The number of aromatic hydroxyl groups is 1. The summed E-state index contributed by atoms with van der Waals surface area (Å²) in [7, 11) is 0. The number of hydrogen-bond acceptors (Lipinski definition) is 8. The van der Waals surface area contributed by atoms with Gasteiger partial charge in [-0.05, 0) is 30.4 Å². The molecular weight excluding hydrogens is 368 g/mol. The zero-order valence-corrected chi connectivity index (χ0v) is 14.5. The number of phenolic OH excluding ortho intramolecular Hbond substituents is 1. The van der Waals surface area contributed by atoms with E-state index in [0.29, 0.717) is 12.0 Å². The number of aliphatic hydroxyl groups is 3. The van der Waals surface area contributed by atoms with Gasteiger partial charge in [0.2, 0.25) is 5.79 Å². The molecule has 0 bridgehead atoms. The molecule has 146 valence electrons. The van der Waals surface area contributed by atoms with E-state index in [2.05, 4.69) is 0 Å². The number of aliphatic hydroxyl groups excluding tert-OH is 2. The second-order valence-electron chi connectivity index (χ2n) is 7.78. The number of benzene rings is 1. The van der Waals surface area contributed by atoms with Crippen LogP contribution in [-0.2, 0) is 16.0 Å². The molecule has 28 heavy (non-hydrogen) atoms. The third-order valence-electron chi connectivity index (χ3n) is 6.50. The highest BCUT2D eigenvalue weighted by Crippen LogP contribution is 2.67. The molecule has 1 aromatic rings. The van der Waals surface area contributed by atoms with Crippen LogP contribution in [0.25, 0.3) is 0 Å². The normalized spacial score (nSPS) is 38.4. The molecule has 1 saturated heterocycles. The van der Waals surface area contributed by atoms with Gasteiger partial charge in [0, 0.05) is 11.5 Å². The first-order valence-corrected chi connectivity index (χ1v) is 8.85. The van der Waals surface area contributed by atoms with E-state index in [4.69, 9.17) is 16.2 Å². The van der Waals surface area contributed by atoms with Gasteiger partial charge in [0.05, 0.1) is 11.6 Å². The first-order valence-electron chi connectivity index (χ1n) is 8.85. The van der Waals surface area contributed by atoms with E-state index >= 15 is 0 Å². The number of hydrogen-bond donors (Lipinski definition) is 6. The molecule has 0 aromatic heterocycles. The average molecular weight is 386 g/mol. The SMILES string of the molecule is NC(=O)C1=C(O)C(N)C2CC3Cc4cccc(O)c4C(=O)C3=C(O)[C@@]23OC13O. The van der Waals surface area contributed by atoms with E-state index in [1.807, 2.05) is 0 Å². The van der Waals surface area contributed by atoms with Crippen LogP contribution in [0.2, 0.25) is 0 Å². The number of primary amides is 1. The van der Waals surface area contributed by atoms with Gasteiger partial charge in [0.15, 0.2) is 11.4 Å². The standard InChI is InChI=1S/C19H18N2O7/c20-13-8-5-7-4-6-2-1-3-9(22)10(6)14(23)11(7)16(25)18(8)19(27,28-18)12(15(13)24)17(21)26/h1-3,7-8,13,22,24-25,27H,4-5,20H2,(H2,21,26)/t7?,8?,13?,18-,19?/m0/s1. The van der Waals surface area contributed by atoms with Crippen LogP contribution in [0.1, 0.15) is 22.3 Å². The fourth-order valence-corrected chi connectivity index (χ4v) is 5.26. The summed E-state index contributed by atoms with van der Waals surface area (Å²) in [4.78, 5) is 24.9. The summed E-state index contributed by atoms with van der Waals surface area (Å²) >= 11 is 0. The topological polar surface area (TPSA) is 180 Å². The molecule has 1 amide bonds. The summed E-state index contributed by atoms with van der Waals surface area (Å²) in [6.45, 7) is 0. The van der Waals surface area contributed by atoms with Crippen LogP contribution in [0.4, 0.5) is 0 Å². The van der Waals surface area contributed by atoms with Crippen molar-refractivity contribution in [2.45, 2.75) is 30.3 Å². The number of ketones is 1. The molecule has 1 spiro atoms. The Morgan fingerprint density at radius 2 is 1.96 bits per heavy atom. The second-order valence-corrected chi connectivity index (χ2v) is 7.78. The molecule has 1 aliphatic heterocycles. The number of ether oxygens (including phenoxy) is 1. The molecule has 0 saturated carbocycles. The summed E-state index contributed by atoms with van der Waals surface area (Å²) < 4.78 is 5.43. The monoisotopic (exact) mass is 386 g/mol. The lowest BCUT2D eigenvalue weighted by Gasteiger charge is -2.43. The van der Waals surface area contributed by atoms with Crippen LogP contribution in [-0.4, -0.2) is 49.5 Å². The third-order valence-corrected chi connectivity index (χ3v) is 6.50. The maximum Gasteiger partial charge on any atom is 0.253 e. The minimum atomic E-state index is -2.36. The van der Waals surface area contributed by atoms with Crippen molar-refractivity contribution in [3.63, 3.8) is 0 Å². The van der Waals surface area contributed by atoms with Crippen molar-refractivity contribution in [2.75, 3.05) is 0 Å². The Hall–Kier alpha value is -2.88. The molecule has 3 aliphatic carbocycles. The lowest BCUT2D eigenvalue weighted by molar-refractivity contribution is -0.117. The number of allylic oxidation sites excluding steroid dienone is 1. The van der Waals surface area contributed by atoms with E-state index in [0.717, 1.165) is 0 Å². The quantitative estimate of drug-likeness (QED) is 0.355. The molecule has 9 heteroatoms. The van der Waals surface area contributed by atoms with E-state index in [-0.39, 0.29) is 23.3 Å². The predicted molar refractivity (Wildman–Crippen MR) is 93.0 cm³/mol. The van der Waals surface area contributed by atoms with E-state index in [1.54, 1.807) is 12.1 Å². The van der Waals surface area contributed by atoms with Crippen molar-refractivity contribution in [2.24, 2.45) is 23.3 Å². The first-order chi connectivity index (χ1) is 13.1. The van der Waals surface area contributed by atoms with Crippen LogP contribution in [0.15, 0.2) is 40.9 Å². The van der Waals surface area contributed by atoms with Crippen molar-refractivity contribution in [3.05, 3.63) is 52.0 Å². The molecular formula is C19H18N2O7. The number of carbonyl (C=O) groups is 2. The van der Waals surface area contributed by atoms with Gasteiger partial charge in [-0.1, -0.05) is 12.1 Å². The Morgan fingerprint density at radius 3 is 2.64 bits per heavy atom. The summed E-state index contributed by atoms with van der Waals surface area (Å²) in [5, 5.41) is 42.4. The largest absolute Gasteiger partial charge is 0.510 e. The minimum absolute atomic E-state index is 0.0126. The molecule has 5 atom stereocenters. The Labute approximate surface area is 158 Å². The van der Waals surface area contributed by atoms with Gasteiger partial charge in [-0.2, -0.15) is 0 Å². The smallest absolute Gasteiger partial charge is 0.253 e. The fourth-order valence-electron chi connectivity index (χ4n) is 5.26. The van der Waals surface area contributed by atoms with Crippen molar-refractivity contribution in [1.29, 1.82) is 0 Å². The highest BCUT2D eigenvalue weighted by atomic mass is 16.8. The Morgan fingerprint density at radius 1 is 1.25 bits per heavy atom. The first kappa shape index (κ1) is 17.2. The number of fused-ring (bicyclic) bond motifs is 2. The zero-order valence-electron chi connectivity index (χ0n) is 14.5. The molecule has 5 rings (SSSR count). The third kappa shape index (κ3) is 1.68. The van der Waals surface area contributed by atoms with Crippen LogP contribution < -0.4 is 11.5 Å². The van der Waals surface area contributed by atoms with Crippen molar-refractivity contribution >= 4 is 11.7 Å². The van der Waals surface area contributed by atoms with E-state index in [1.165, 1.54) is 6.07 Å². The number of epoxide rings is 1. The van der Waals surface area contributed by atoms with Gasteiger partial charge in [0.1, 0.15) is 22.8 Å². The molecule has 0 radical (unpaired) electrons. The Kier molecular flexibility index (Phi) is 3.04. The van der Waals surface area contributed by atoms with Gasteiger partial charge in [-0.25, -0.2) is 0 Å². The minimum Gasteiger partial charge on any atom is -0.510 e. The van der Waals surface area contributed by atoms with Crippen LogP contribution in [0.5, 0.6) is 5.75 Å². The summed E-state index contributed by atoms with van der Waals surface area (Å²) in [6, 6.07) is 3.61. The molecule has 4 unspecified atom stereocenters. The van der Waals surface area contributed by atoms with Crippen LogP contribution >= 0.6 is 0 Å². The lowest BCUT2D eigenvalue weighted by atomic mass is 9.60. The molecule has 8 N–H and O–H groups in total. The molecule has 1 heterocycles. The lowest BCUT2D eigenvalue weighted by Crippen LogP contribution is -2.56. The number of nitrogens with two attached hydrogens (primary N) is 2. The van der Waals surface area contributed by atoms with Crippen molar-refractivity contribution < 1.29 is 34.8 Å². The van der Waals surface area contributed by atoms with Crippen LogP contribution in [0.3, 0.4) is 0 Å². The average Bonchev–Trinajstić information content (AvgIpc) is 3.24. The van der Waals surface area contributed by atoms with Crippen molar-refractivity contribution in [1.82, 2.24) is 0 Å². The molecule has 1 aromatic carbocycles. The maximum atomic E-state index is 13.1. The Bertz CT molecular complexity index is 1040. The Balaban J connectivity index is 1.73. The fraction of sp³-hybridized carbons (Fsp3) is 0.368.